The number of aryl methyl sites for hydroxylation is 2. The Labute approximate surface area is 177 Å². The molecular weight excluding hydrogens is 381 g/mol. The van der Waals surface area contributed by atoms with Gasteiger partial charge in [0.1, 0.15) is 0 Å². The van der Waals surface area contributed by atoms with E-state index in [0.29, 0.717) is 11.3 Å². The summed E-state index contributed by atoms with van der Waals surface area (Å²) in [6.07, 6.45) is 9.61. The van der Waals surface area contributed by atoms with Crippen molar-refractivity contribution in [2.24, 2.45) is 5.92 Å². The molecule has 1 saturated carbocycles. The molecule has 1 fully saturated rings. The van der Waals surface area contributed by atoms with Gasteiger partial charge in [0.25, 0.3) is 0 Å². The quantitative estimate of drug-likeness (QED) is 0.360. The first kappa shape index (κ1) is 21.0. The average molecular weight is 411 g/mol. The summed E-state index contributed by atoms with van der Waals surface area (Å²) in [5.41, 5.74) is 3.70. The summed E-state index contributed by atoms with van der Waals surface area (Å²) in [5, 5.41) is 0.522. The third-order valence-electron chi connectivity index (χ3n) is 6.73. The van der Waals surface area contributed by atoms with E-state index in [1.165, 1.54) is 49.7 Å². The zero-order chi connectivity index (χ0) is 21.1. The number of benzene rings is 3. The third kappa shape index (κ3) is 4.55. The van der Waals surface area contributed by atoms with Gasteiger partial charge in [-0.05, 0) is 78.5 Å². The molecule has 0 heterocycles. The summed E-state index contributed by atoms with van der Waals surface area (Å²) in [4.78, 5) is 0. The minimum atomic E-state index is -1.41. The Balaban J connectivity index is 1.38. The Morgan fingerprint density at radius 2 is 1.43 bits per heavy atom. The van der Waals surface area contributed by atoms with E-state index >= 15 is 0 Å². The second kappa shape index (κ2) is 9.24. The van der Waals surface area contributed by atoms with Crippen LogP contribution >= 0.6 is 0 Å². The average Bonchev–Trinajstić information content (AvgIpc) is 2.77. The fraction of sp³-hybridized carbons (Fsp3) is 0.407. The van der Waals surface area contributed by atoms with Crippen LogP contribution in [-0.4, -0.2) is 0 Å². The monoisotopic (exact) mass is 410 g/mol. The molecule has 1 aliphatic rings. The summed E-state index contributed by atoms with van der Waals surface area (Å²) in [6, 6.07) is 15.1. The zero-order valence-electron chi connectivity index (χ0n) is 17.6. The highest BCUT2D eigenvalue weighted by Crippen LogP contribution is 2.37. The van der Waals surface area contributed by atoms with Crippen molar-refractivity contribution in [1.82, 2.24) is 0 Å². The van der Waals surface area contributed by atoms with E-state index in [2.05, 4.69) is 31.2 Å². The van der Waals surface area contributed by atoms with Crippen LogP contribution in [-0.2, 0) is 12.8 Å². The van der Waals surface area contributed by atoms with E-state index < -0.39 is 17.5 Å². The number of rotatable bonds is 6. The SMILES string of the molecule is CCC[C@H]1CC[C@H](c2ccc(CCc3ccc4c(F)c(F)c(F)cc4c3)cc2)CC1. The smallest absolute Gasteiger partial charge is 0.195 e. The van der Waals surface area contributed by atoms with E-state index in [1.807, 2.05) is 0 Å². The van der Waals surface area contributed by atoms with Gasteiger partial charge in [-0.25, -0.2) is 13.2 Å². The van der Waals surface area contributed by atoms with Gasteiger partial charge in [-0.3, -0.25) is 0 Å². The fourth-order valence-corrected chi connectivity index (χ4v) is 4.95. The van der Waals surface area contributed by atoms with Crippen LogP contribution in [0.4, 0.5) is 13.2 Å². The zero-order valence-corrected chi connectivity index (χ0v) is 17.6. The molecule has 0 unspecified atom stereocenters. The van der Waals surface area contributed by atoms with Crippen molar-refractivity contribution in [2.75, 3.05) is 0 Å². The Kier molecular flexibility index (Phi) is 6.46. The highest BCUT2D eigenvalue weighted by Gasteiger charge is 2.21. The van der Waals surface area contributed by atoms with Crippen LogP contribution in [0.25, 0.3) is 10.8 Å². The fourth-order valence-electron chi connectivity index (χ4n) is 4.95. The second-order valence-electron chi connectivity index (χ2n) is 8.79. The lowest BCUT2D eigenvalue weighted by Gasteiger charge is -2.28. The van der Waals surface area contributed by atoms with Crippen molar-refractivity contribution in [2.45, 2.75) is 64.2 Å². The molecule has 0 saturated heterocycles. The van der Waals surface area contributed by atoms with E-state index in [0.717, 1.165) is 30.4 Å². The van der Waals surface area contributed by atoms with Crippen LogP contribution in [0.5, 0.6) is 0 Å². The molecule has 0 N–H and O–H groups in total. The molecular formula is C27H29F3. The molecule has 158 valence electrons. The van der Waals surface area contributed by atoms with Crippen LogP contribution < -0.4 is 0 Å². The highest BCUT2D eigenvalue weighted by molar-refractivity contribution is 5.84. The van der Waals surface area contributed by atoms with Gasteiger partial charge in [-0.15, -0.1) is 0 Å². The molecule has 0 atom stereocenters. The van der Waals surface area contributed by atoms with E-state index in [1.54, 1.807) is 18.2 Å². The topological polar surface area (TPSA) is 0 Å². The van der Waals surface area contributed by atoms with E-state index in [9.17, 15) is 13.2 Å². The predicted octanol–water partition coefficient (Wildman–Crippen LogP) is 8.12. The molecule has 0 bridgehead atoms. The van der Waals surface area contributed by atoms with Gasteiger partial charge in [0.05, 0.1) is 0 Å². The van der Waals surface area contributed by atoms with Gasteiger partial charge in [0.15, 0.2) is 17.5 Å². The van der Waals surface area contributed by atoms with Crippen molar-refractivity contribution >= 4 is 10.8 Å². The number of halogens is 3. The van der Waals surface area contributed by atoms with Gasteiger partial charge in [-0.2, -0.15) is 0 Å². The first-order valence-corrected chi connectivity index (χ1v) is 11.2. The molecule has 0 amide bonds. The molecule has 0 spiro atoms. The van der Waals surface area contributed by atoms with Gasteiger partial charge >= 0.3 is 0 Å². The maximum atomic E-state index is 13.9. The Morgan fingerprint density at radius 1 is 0.767 bits per heavy atom. The van der Waals surface area contributed by atoms with E-state index in [4.69, 9.17) is 0 Å². The van der Waals surface area contributed by atoms with E-state index in [-0.39, 0.29) is 5.39 Å². The Hall–Kier alpha value is -2.29. The first-order valence-electron chi connectivity index (χ1n) is 11.2. The molecule has 0 radical (unpaired) electrons. The number of hydrogen-bond donors (Lipinski definition) is 0. The van der Waals surface area contributed by atoms with Crippen LogP contribution in [0.15, 0.2) is 48.5 Å². The van der Waals surface area contributed by atoms with Crippen molar-refractivity contribution in [3.05, 3.63) is 82.7 Å². The van der Waals surface area contributed by atoms with Crippen LogP contribution in [0.1, 0.15) is 68.1 Å². The second-order valence-corrected chi connectivity index (χ2v) is 8.79. The molecule has 3 heteroatoms. The Bertz CT molecular complexity index is 999. The lowest BCUT2D eigenvalue weighted by atomic mass is 9.77. The summed E-state index contributed by atoms with van der Waals surface area (Å²) in [5.74, 6) is -2.05. The number of fused-ring (bicyclic) bond motifs is 1. The molecule has 3 aromatic rings. The molecule has 30 heavy (non-hydrogen) atoms. The summed E-state index contributed by atoms with van der Waals surface area (Å²) in [6.45, 7) is 2.28. The third-order valence-corrected chi connectivity index (χ3v) is 6.73. The lowest BCUT2D eigenvalue weighted by molar-refractivity contribution is 0.308. The van der Waals surface area contributed by atoms with Crippen LogP contribution in [0, 0.1) is 23.4 Å². The predicted molar refractivity (Wildman–Crippen MR) is 117 cm³/mol. The molecule has 0 aromatic heterocycles. The van der Waals surface area contributed by atoms with Gasteiger partial charge in [-0.1, -0.05) is 62.2 Å². The molecule has 0 nitrogen and oxygen atoms in total. The Morgan fingerprint density at radius 3 is 2.13 bits per heavy atom. The minimum absolute atomic E-state index is 0.121. The normalized spacial score (nSPS) is 19.3. The summed E-state index contributed by atoms with van der Waals surface area (Å²) >= 11 is 0. The lowest BCUT2D eigenvalue weighted by Crippen LogP contribution is -2.13. The maximum absolute atomic E-state index is 13.9. The van der Waals surface area contributed by atoms with Gasteiger partial charge in [0, 0.05) is 5.39 Å². The van der Waals surface area contributed by atoms with Crippen molar-refractivity contribution in [1.29, 1.82) is 0 Å². The standard InChI is InChI=1S/C27H29F3/c1-2-3-18-6-11-21(12-7-18)22-13-8-19(9-14-22)4-5-20-10-15-24-23(16-20)17-25(28)27(30)26(24)29/h8-10,13-18,21H,2-7,11-12H2,1H3/t18-,21-. The molecule has 3 aromatic carbocycles. The number of hydrogen-bond acceptors (Lipinski definition) is 0. The maximum Gasteiger partial charge on any atom is 0.195 e. The first-order chi connectivity index (χ1) is 14.5. The highest BCUT2D eigenvalue weighted by atomic mass is 19.2. The van der Waals surface area contributed by atoms with Crippen molar-refractivity contribution in [3.8, 4) is 0 Å². The van der Waals surface area contributed by atoms with Crippen molar-refractivity contribution < 1.29 is 13.2 Å². The minimum Gasteiger partial charge on any atom is -0.204 e. The van der Waals surface area contributed by atoms with Gasteiger partial charge < -0.3 is 0 Å². The molecule has 4 rings (SSSR count). The van der Waals surface area contributed by atoms with Crippen LogP contribution in [0.2, 0.25) is 0 Å². The molecule has 0 aliphatic heterocycles. The summed E-state index contributed by atoms with van der Waals surface area (Å²) < 4.78 is 40.8. The largest absolute Gasteiger partial charge is 0.204 e. The van der Waals surface area contributed by atoms with Crippen LogP contribution in [0.3, 0.4) is 0 Å². The van der Waals surface area contributed by atoms with Crippen molar-refractivity contribution in [3.63, 3.8) is 0 Å². The van der Waals surface area contributed by atoms with Gasteiger partial charge in [0.2, 0.25) is 0 Å². The summed E-state index contributed by atoms with van der Waals surface area (Å²) in [7, 11) is 0. The molecule has 1 aliphatic carbocycles.